The Morgan fingerprint density at radius 2 is 0.910 bits per heavy atom. The first kappa shape index (κ1) is 45.2. The van der Waals surface area contributed by atoms with E-state index in [-0.39, 0.29) is 10.8 Å². The Morgan fingerprint density at radius 3 is 1.51 bits per heavy atom. The highest BCUT2D eigenvalue weighted by atomic mass is 15.1. The first-order valence-electron chi connectivity index (χ1n) is 26.4. The van der Waals surface area contributed by atoms with Crippen molar-refractivity contribution in [2.24, 2.45) is 0 Å². The molecule has 0 aliphatic heterocycles. The highest BCUT2D eigenvalue weighted by molar-refractivity contribution is 6.16. The third-order valence-electron chi connectivity index (χ3n) is 16.8. The van der Waals surface area contributed by atoms with Crippen LogP contribution in [0.15, 0.2) is 212 Å². The third-order valence-corrected chi connectivity index (χ3v) is 16.8. The van der Waals surface area contributed by atoms with Gasteiger partial charge in [-0.05, 0) is 110 Å². The lowest BCUT2D eigenvalue weighted by Gasteiger charge is -2.23. The van der Waals surface area contributed by atoms with Crippen LogP contribution >= 0.6 is 0 Å². The third kappa shape index (κ3) is 6.34. The number of hydrogen-bond acceptors (Lipinski definition) is 4. The van der Waals surface area contributed by atoms with Gasteiger partial charge in [0.15, 0.2) is 23.2 Å². The minimum absolute atomic E-state index is 0.263. The first-order valence-corrected chi connectivity index (χ1v) is 26.4. The van der Waals surface area contributed by atoms with Crippen molar-refractivity contribution in [1.82, 2.24) is 24.1 Å². The monoisotopic (exact) mass is 997 g/mol. The van der Waals surface area contributed by atoms with Gasteiger partial charge >= 0.3 is 0 Å². The molecule has 0 unspecified atom stereocenters. The average Bonchev–Trinajstić information content (AvgIpc) is 3.48. The van der Waals surface area contributed by atoms with E-state index < -0.39 is 0 Å². The highest BCUT2D eigenvalue weighted by Gasteiger charge is 2.40. The first-order chi connectivity index (χ1) is 38.1. The largest absolute Gasteiger partial charge is 0.308 e. The number of aromatic nitrogens is 5. The van der Waals surface area contributed by atoms with E-state index in [9.17, 15) is 5.26 Å². The van der Waals surface area contributed by atoms with Crippen molar-refractivity contribution in [1.29, 1.82) is 5.26 Å². The Bertz CT molecular complexity index is 4820. The van der Waals surface area contributed by atoms with Crippen LogP contribution < -0.4 is 0 Å². The molecule has 78 heavy (non-hydrogen) atoms. The highest BCUT2D eigenvalue weighted by Crippen LogP contribution is 2.55. The molecule has 0 saturated heterocycles. The van der Waals surface area contributed by atoms with Crippen LogP contribution in [-0.4, -0.2) is 24.1 Å². The summed E-state index contributed by atoms with van der Waals surface area (Å²) in [6.45, 7) is 17.6. The molecule has 0 N–H and O–H groups in total. The van der Waals surface area contributed by atoms with Crippen molar-refractivity contribution < 1.29 is 0 Å². The van der Waals surface area contributed by atoms with Gasteiger partial charge in [-0.3, -0.25) is 0 Å². The van der Waals surface area contributed by atoms with Gasteiger partial charge in [0.25, 0.3) is 0 Å². The van der Waals surface area contributed by atoms with E-state index in [0.29, 0.717) is 28.7 Å². The maximum absolute atomic E-state index is 10.7. The maximum atomic E-state index is 10.7. The minimum Gasteiger partial charge on any atom is -0.308 e. The van der Waals surface area contributed by atoms with Crippen molar-refractivity contribution in [3.8, 4) is 85.0 Å². The van der Waals surface area contributed by atoms with Crippen LogP contribution in [0.5, 0.6) is 0 Å². The molecule has 0 fully saturated rings. The number of benzene rings is 10. The second-order valence-electron chi connectivity index (χ2n) is 21.7. The van der Waals surface area contributed by atoms with Gasteiger partial charge in [0.1, 0.15) is 0 Å². The Hall–Kier alpha value is -10.2. The zero-order chi connectivity index (χ0) is 52.6. The summed E-state index contributed by atoms with van der Waals surface area (Å²) in [4.78, 5) is 20.5. The fourth-order valence-corrected chi connectivity index (χ4v) is 13.4. The van der Waals surface area contributed by atoms with E-state index in [1.807, 2.05) is 72.8 Å². The lowest BCUT2D eigenvalue weighted by atomic mass is 9.80. The average molecular weight is 998 g/mol. The summed E-state index contributed by atoms with van der Waals surface area (Å²) in [5.74, 6) is 1.42. The van der Waals surface area contributed by atoms with Crippen LogP contribution in [-0.2, 0) is 10.8 Å². The van der Waals surface area contributed by atoms with Crippen molar-refractivity contribution in [2.75, 3.05) is 0 Å². The lowest BCUT2D eigenvalue weighted by Crippen LogP contribution is -2.15. The molecular formula is C71H47N7. The van der Waals surface area contributed by atoms with Gasteiger partial charge in [-0.15, -0.1) is 0 Å². The molecule has 15 rings (SSSR count). The molecule has 0 saturated carbocycles. The molecule has 7 nitrogen and oxygen atoms in total. The van der Waals surface area contributed by atoms with Crippen LogP contribution in [0.4, 0.5) is 5.69 Å². The summed E-state index contributed by atoms with van der Waals surface area (Å²) in [6, 6.07) is 76.5. The maximum Gasteiger partial charge on any atom is 0.194 e. The second-order valence-corrected chi connectivity index (χ2v) is 21.7. The van der Waals surface area contributed by atoms with E-state index in [1.54, 1.807) is 0 Å². The molecule has 10 aromatic carbocycles. The number of nitriles is 1. The van der Waals surface area contributed by atoms with Crippen molar-refractivity contribution in [3.05, 3.63) is 252 Å². The minimum atomic E-state index is -0.273. The van der Waals surface area contributed by atoms with Gasteiger partial charge in [0, 0.05) is 49.1 Å². The van der Waals surface area contributed by atoms with Crippen LogP contribution in [0.2, 0.25) is 0 Å². The van der Waals surface area contributed by atoms with Crippen LogP contribution in [0.25, 0.3) is 127 Å². The van der Waals surface area contributed by atoms with Crippen LogP contribution in [0.3, 0.4) is 0 Å². The Balaban J connectivity index is 1.03. The van der Waals surface area contributed by atoms with E-state index in [4.69, 9.17) is 21.5 Å². The van der Waals surface area contributed by atoms with Gasteiger partial charge in [-0.1, -0.05) is 185 Å². The standard InChI is InChI=1S/C71H47N7/c1-70(2)54-26-14-9-22-46(54)48-34-37-60-63(65(48)70)50-24-12-17-29-57(50)77(60)59-36-32-44(45-21-11-16-28-56(45)73-5)40-53(59)69-75-67(43-19-7-6-8-20-43)74-68(76-69)52-33-31-42(41-72)39-62(52)78-58-30-18-13-25-51(58)64-61(78)38-35-49-47-23-10-15-27-55(47)71(3,4)66(49)64/h6-40H,1-4H3. The topological polar surface area (TPSA) is 76.7 Å². The summed E-state index contributed by atoms with van der Waals surface area (Å²) in [7, 11) is 0. The fraction of sp³-hybridized carbons (Fsp3) is 0.0845. The predicted molar refractivity (Wildman–Crippen MR) is 316 cm³/mol. The normalized spacial score (nSPS) is 13.6. The van der Waals surface area contributed by atoms with E-state index in [1.165, 1.54) is 55.3 Å². The zero-order valence-electron chi connectivity index (χ0n) is 43.3. The van der Waals surface area contributed by atoms with Crippen molar-refractivity contribution >= 4 is 49.3 Å². The molecular weight excluding hydrogens is 951 g/mol. The van der Waals surface area contributed by atoms with Crippen LogP contribution in [0, 0.1) is 17.9 Å². The van der Waals surface area contributed by atoms with Crippen molar-refractivity contribution in [2.45, 2.75) is 38.5 Å². The van der Waals surface area contributed by atoms with Crippen LogP contribution in [0.1, 0.15) is 55.5 Å². The summed E-state index contributed by atoms with van der Waals surface area (Å²) in [6.07, 6.45) is 0. The van der Waals surface area contributed by atoms with Gasteiger partial charge in [-0.2, -0.15) is 5.26 Å². The molecule has 7 heteroatoms. The molecule has 0 atom stereocenters. The lowest BCUT2D eigenvalue weighted by molar-refractivity contribution is 0.666. The Morgan fingerprint density at radius 1 is 0.410 bits per heavy atom. The number of hydrogen-bond donors (Lipinski definition) is 0. The number of para-hydroxylation sites is 3. The van der Waals surface area contributed by atoms with E-state index in [0.717, 1.165) is 72.0 Å². The molecule has 0 radical (unpaired) electrons. The second kappa shape index (κ2) is 16.6. The fourth-order valence-electron chi connectivity index (χ4n) is 13.4. The zero-order valence-corrected chi connectivity index (χ0v) is 43.3. The SMILES string of the molecule is [C-]#[N+]c1ccccc1-c1ccc(-n2c3ccccc3c3c4c(ccc32)-c2ccccc2C4(C)C)c(-c2nc(-c3ccccc3)nc(-c3ccc(C#N)cc3-n3c4ccccc4c4c5c(ccc43)-c3ccccc3C5(C)C)n2)c1. The van der Waals surface area contributed by atoms with E-state index in [2.05, 4.69) is 187 Å². The number of nitrogens with zero attached hydrogens (tertiary/aromatic N) is 7. The van der Waals surface area contributed by atoms with E-state index >= 15 is 0 Å². The molecule has 0 bridgehead atoms. The van der Waals surface area contributed by atoms with Gasteiger partial charge in [0.05, 0.1) is 51.6 Å². The smallest absolute Gasteiger partial charge is 0.194 e. The quantitative estimate of drug-likeness (QED) is 0.156. The molecule has 366 valence electrons. The number of fused-ring (bicyclic) bond motifs is 14. The number of rotatable bonds is 6. The molecule has 2 aliphatic rings. The molecule has 0 amide bonds. The molecule has 13 aromatic rings. The van der Waals surface area contributed by atoms with Gasteiger partial charge in [0.2, 0.25) is 0 Å². The Kier molecular flexibility index (Phi) is 9.65. The molecule has 3 heterocycles. The summed E-state index contributed by atoms with van der Waals surface area (Å²) in [5.41, 5.74) is 20.6. The molecule has 3 aromatic heterocycles. The van der Waals surface area contributed by atoms with Gasteiger partial charge in [-0.25, -0.2) is 19.8 Å². The Labute approximate surface area is 451 Å². The van der Waals surface area contributed by atoms with Crippen molar-refractivity contribution in [3.63, 3.8) is 0 Å². The summed E-state index contributed by atoms with van der Waals surface area (Å²) >= 11 is 0. The molecule has 2 aliphatic carbocycles. The summed E-state index contributed by atoms with van der Waals surface area (Å²) in [5, 5.41) is 15.3. The van der Waals surface area contributed by atoms with Gasteiger partial charge < -0.3 is 9.13 Å². The summed E-state index contributed by atoms with van der Waals surface area (Å²) < 4.78 is 4.68. The predicted octanol–water partition coefficient (Wildman–Crippen LogP) is 17.8. The molecule has 0 spiro atoms.